The van der Waals surface area contributed by atoms with Crippen molar-refractivity contribution in [2.45, 2.75) is 142 Å². The van der Waals surface area contributed by atoms with Crippen LogP contribution in [-0.4, -0.2) is 110 Å². The molecule has 0 spiro atoms. The van der Waals surface area contributed by atoms with Crippen LogP contribution in [0.25, 0.3) is 0 Å². The zero-order chi connectivity index (χ0) is 36.3. The van der Waals surface area contributed by atoms with Gasteiger partial charge in [-0.05, 0) is 84.9 Å². The third kappa shape index (κ3) is 5.05. The number of hydrogen-bond donors (Lipinski definition) is 7. The highest BCUT2D eigenvalue weighted by atomic mass is 16.7. The molecule has 1 heterocycles. The zero-order valence-electron chi connectivity index (χ0n) is 30.0. The number of aliphatic carboxylic acids is 1. The van der Waals surface area contributed by atoms with Gasteiger partial charge in [0.2, 0.25) is 0 Å². The van der Waals surface area contributed by atoms with Crippen molar-refractivity contribution in [1.82, 2.24) is 0 Å². The van der Waals surface area contributed by atoms with Crippen LogP contribution < -0.4 is 0 Å². The fourth-order valence-corrected chi connectivity index (χ4v) is 12.6. The SMILES string of the molecule is COC(=O)[C@H]1O[C@@H](O[C@H]2[C@@H](O)C[C@@]3(C)[C@@H]([C@H](O)C[C@]4(C)[C@@H]3CC=C3[C@@H]5CC(C)(C)CC[C@]5(C(=O)O)CC[C@]34C)[C@]2(C)CO)[C@H](O)[C@@H](O)[C@@H]1O. The van der Waals surface area contributed by atoms with E-state index in [1.165, 1.54) is 5.57 Å². The first-order valence-corrected chi connectivity index (χ1v) is 18.0. The second-order valence-electron chi connectivity index (χ2n) is 18.2. The molecule has 12 heteroatoms. The molecule has 4 saturated carbocycles. The van der Waals surface area contributed by atoms with E-state index >= 15 is 0 Å². The fraction of sp³-hybridized carbons (Fsp3) is 0.892. The molecule has 5 fully saturated rings. The maximum Gasteiger partial charge on any atom is 0.337 e. The highest BCUT2D eigenvalue weighted by Gasteiger charge is 2.73. The van der Waals surface area contributed by atoms with E-state index in [0.717, 1.165) is 20.0 Å². The summed E-state index contributed by atoms with van der Waals surface area (Å²) in [6, 6.07) is 0. The highest BCUT2D eigenvalue weighted by molar-refractivity contribution is 5.77. The van der Waals surface area contributed by atoms with Gasteiger partial charge in [0, 0.05) is 11.3 Å². The standard InChI is InChI=1S/C37H58O12/c1-32(2)10-12-37(31(45)46)13-11-35(5)18(19(37)14-32)8-9-22-33(3)15-21(40)28(34(4,17-38)27(33)20(39)16-36(22,35)6)49-30-25(43)23(41)24(42)26(48-30)29(44)47-7/h8,19-28,30,38-43H,9-17H2,1-7H3,(H,45,46)/t19-,20+,21-,22+,23-,24-,25+,26-,27+,28-,30-,33+,34-,35+,36+,37-/m0/s1. The van der Waals surface area contributed by atoms with Crippen molar-refractivity contribution in [1.29, 1.82) is 0 Å². The van der Waals surface area contributed by atoms with Crippen LogP contribution in [0.1, 0.15) is 92.9 Å². The van der Waals surface area contributed by atoms with Crippen LogP contribution >= 0.6 is 0 Å². The molecule has 1 saturated heterocycles. The van der Waals surface area contributed by atoms with Gasteiger partial charge >= 0.3 is 11.9 Å². The number of esters is 1. The van der Waals surface area contributed by atoms with Gasteiger partial charge in [-0.3, -0.25) is 4.79 Å². The number of fused-ring (bicyclic) bond motifs is 7. The van der Waals surface area contributed by atoms with E-state index in [1.54, 1.807) is 6.92 Å². The second kappa shape index (κ2) is 11.9. The smallest absolute Gasteiger partial charge is 0.337 e. The normalized spacial score (nSPS) is 53.6. The quantitative estimate of drug-likeness (QED) is 0.126. The van der Waals surface area contributed by atoms with E-state index in [4.69, 9.17) is 14.2 Å². The van der Waals surface area contributed by atoms with Gasteiger partial charge in [0.1, 0.15) is 18.3 Å². The van der Waals surface area contributed by atoms with Crippen molar-refractivity contribution in [2.75, 3.05) is 13.7 Å². The molecule has 12 nitrogen and oxygen atoms in total. The topological polar surface area (TPSA) is 203 Å². The molecule has 6 aliphatic rings. The largest absolute Gasteiger partial charge is 0.481 e. The summed E-state index contributed by atoms with van der Waals surface area (Å²) in [6.45, 7) is 12.3. The summed E-state index contributed by atoms with van der Waals surface area (Å²) in [5.74, 6) is -2.40. The monoisotopic (exact) mass is 694 g/mol. The van der Waals surface area contributed by atoms with E-state index in [0.29, 0.717) is 32.1 Å². The predicted molar refractivity (Wildman–Crippen MR) is 174 cm³/mol. The Balaban J connectivity index is 1.36. The Bertz CT molecular complexity index is 1370. The molecule has 6 rings (SSSR count). The molecule has 1 aliphatic heterocycles. The molecule has 0 aromatic rings. The minimum Gasteiger partial charge on any atom is -0.481 e. The van der Waals surface area contributed by atoms with E-state index in [1.807, 2.05) is 0 Å². The molecule has 5 aliphatic carbocycles. The number of hydrogen-bond acceptors (Lipinski definition) is 11. The summed E-state index contributed by atoms with van der Waals surface area (Å²) in [5, 5.41) is 77.7. The number of methoxy groups -OCH3 is 1. The molecule has 0 aromatic heterocycles. The zero-order valence-corrected chi connectivity index (χ0v) is 30.0. The second-order valence-corrected chi connectivity index (χ2v) is 18.2. The maximum atomic E-state index is 13.0. The number of carbonyl (C=O) groups excluding carboxylic acids is 1. The average Bonchev–Trinajstić information content (AvgIpc) is 3.02. The summed E-state index contributed by atoms with van der Waals surface area (Å²) in [5.41, 5.74) is -2.39. The molecule has 16 atom stereocenters. The molecule has 0 aromatic carbocycles. The van der Waals surface area contributed by atoms with Gasteiger partial charge < -0.3 is 50.0 Å². The number of carboxylic acids is 1. The molecule has 0 radical (unpaired) electrons. The Morgan fingerprint density at radius 3 is 2.14 bits per heavy atom. The average molecular weight is 695 g/mol. The molecular weight excluding hydrogens is 636 g/mol. The van der Waals surface area contributed by atoms with Gasteiger partial charge in [0.05, 0.1) is 37.4 Å². The summed E-state index contributed by atoms with van der Waals surface area (Å²) in [6.07, 6.45) is -4.93. The lowest BCUT2D eigenvalue weighted by atomic mass is 9.33. The van der Waals surface area contributed by atoms with Crippen molar-refractivity contribution in [3.8, 4) is 0 Å². The van der Waals surface area contributed by atoms with Gasteiger partial charge in [-0.15, -0.1) is 0 Å². The van der Waals surface area contributed by atoms with Gasteiger partial charge in [0.25, 0.3) is 0 Å². The van der Waals surface area contributed by atoms with Crippen molar-refractivity contribution in [3.63, 3.8) is 0 Å². The van der Waals surface area contributed by atoms with Crippen molar-refractivity contribution >= 4 is 11.9 Å². The van der Waals surface area contributed by atoms with Crippen LogP contribution in [0, 0.1) is 50.2 Å². The predicted octanol–water partition coefficient (Wildman–Crippen LogP) is 2.15. The summed E-state index contributed by atoms with van der Waals surface area (Å²) < 4.78 is 16.5. The van der Waals surface area contributed by atoms with E-state index in [-0.39, 0.29) is 23.7 Å². The molecule has 0 unspecified atom stereocenters. The number of rotatable bonds is 5. The maximum absolute atomic E-state index is 13.0. The van der Waals surface area contributed by atoms with E-state index < -0.39 is 101 Å². The third-order valence-corrected chi connectivity index (χ3v) is 15.3. The highest BCUT2D eigenvalue weighted by Crippen LogP contribution is 2.76. The van der Waals surface area contributed by atoms with Crippen LogP contribution in [0.2, 0.25) is 0 Å². The molecule has 0 bridgehead atoms. The Hall–Kier alpha value is -1.64. The molecule has 49 heavy (non-hydrogen) atoms. The molecule has 0 amide bonds. The van der Waals surface area contributed by atoms with E-state index in [9.17, 15) is 45.3 Å². The van der Waals surface area contributed by atoms with Crippen LogP contribution in [0.5, 0.6) is 0 Å². The Morgan fingerprint density at radius 1 is 0.878 bits per heavy atom. The first-order valence-electron chi connectivity index (χ1n) is 18.0. The number of ether oxygens (including phenoxy) is 3. The van der Waals surface area contributed by atoms with Gasteiger partial charge in [-0.1, -0.05) is 53.2 Å². The summed E-state index contributed by atoms with van der Waals surface area (Å²) >= 11 is 0. The molecule has 278 valence electrons. The van der Waals surface area contributed by atoms with Crippen molar-refractivity contribution < 1.29 is 59.5 Å². The van der Waals surface area contributed by atoms with Gasteiger partial charge in [0.15, 0.2) is 12.4 Å². The van der Waals surface area contributed by atoms with Crippen LogP contribution in [0.3, 0.4) is 0 Å². The number of aliphatic hydroxyl groups excluding tert-OH is 6. The minimum absolute atomic E-state index is 0.00959. The summed E-state index contributed by atoms with van der Waals surface area (Å²) in [7, 11) is 1.09. The minimum atomic E-state index is -1.82. The van der Waals surface area contributed by atoms with Crippen LogP contribution in [-0.2, 0) is 23.8 Å². The number of allylic oxidation sites excluding steroid dienone is 2. The summed E-state index contributed by atoms with van der Waals surface area (Å²) in [4.78, 5) is 25.3. The molecule has 7 N–H and O–H groups in total. The van der Waals surface area contributed by atoms with Crippen molar-refractivity contribution in [3.05, 3.63) is 11.6 Å². The Kier molecular flexibility index (Phi) is 9.05. The lowest BCUT2D eigenvalue weighted by Crippen LogP contribution is -2.72. The first-order chi connectivity index (χ1) is 22.7. The van der Waals surface area contributed by atoms with Crippen molar-refractivity contribution in [2.24, 2.45) is 50.2 Å². The Morgan fingerprint density at radius 2 is 1.53 bits per heavy atom. The van der Waals surface area contributed by atoms with Gasteiger partial charge in [-0.2, -0.15) is 0 Å². The fourth-order valence-electron chi connectivity index (χ4n) is 12.6. The van der Waals surface area contributed by atoms with Crippen LogP contribution in [0.15, 0.2) is 11.6 Å². The first kappa shape index (κ1) is 37.1. The number of aliphatic hydroxyl groups is 6. The van der Waals surface area contributed by atoms with Crippen LogP contribution in [0.4, 0.5) is 0 Å². The lowest BCUT2D eigenvalue weighted by Gasteiger charge is -2.72. The van der Waals surface area contributed by atoms with Gasteiger partial charge in [-0.25, -0.2) is 4.79 Å². The Labute approximate surface area is 288 Å². The number of carboxylic acid groups (broad SMARTS) is 1. The third-order valence-electron chi connectivity index (χ3n) is 15.3. The van der Waals surface area contributed by atoms with E-state index in [2.05, 4.69) is 40.7 Å². The molecular formula is C37H58O12. The number of carbonyl (C=O) groups is 2. The lowest BCUT2D eigenvalue weighted by molar-refractivity contribution is -0.346.